The summed E-state index contributed by atoms with van der Waals surface area (Å²) in [6.07, 6.45) is -0.110. The Kier molecular flexibility index (Phi) is 5.70. The normalized spacial score (nSPS) is 13.7. The van der Waals surface area contributed by atoms with Gasteiger partial charge in [0.1, 0.15) is 6.04 Å². The summed E-state index contributed by atoms with van der Waals surface area (Å²) in [6, 6.07) is 6.81. The second-order valence-corrected chi connectivity index (χ2v) is 5.40. The molecule has 0 bridgehead atoms. The fourth-order valence-corrected chi connectivity index (χ4v) is 1.67. The van der Waals surface area contributed by atoms with Crippen molar-refractivity contribution in [1.82, 2.24) is 5.48 Å². The summed E-state index contributed by atoms with van der Waals surface area (Å²) < 4.78 is 65.9. The average Bonchev–Trinajstić information content (AvgIpc) is 2.42. The maximum absolute atomic E-state index is 12.1. The Bertz CT molecular complexity index is 573. The van der Waals surface area contributed by atoms with Crippen LogP contribution >= 0.6 is 0 Å². The molecule has 10 heteroatoms. The van der Waals surface area contributed by atoms with Gasteiger partial charge in [-0.1, -0.05) is 30.3 Å². The van der Waals surface area contributed by atoms with E-state index in [1.165, 1.54) is 0 Å². The van der Waals surface area contributed by atoms with E-state index in [2.05, 4.69) is 9.02 Å². The minimum absolute atomic E-state index is 0.110. The summed E-state index contributed by atoms with van der Waals surface area (Å²) in [5.41, 5.74) is -3.43. The van der Waals surface area contributed by atoms with Gasteiger partial charge in [-0.05, 0) is 5.56 Å². The van der Waals surface area contributed by atoms with Crippen LogP contribution in [-0.4, -0.2) is 33.0 Å². The Morgan fingerprint density at radius 1 is 1.29 bits per heavy atom. The lowest BCUT2D eigenvalue weighted by Gasteiger charge is -2.16. The van der Waals surface area contributed by atoms with E-state index < -0.39 is 27.6 Å². The first-order valence-corrected chi connectivity index (χ1v) is 6.95. The fourth-order valence-electron chi connectivity index (χ4n) is 1.33. The molecule has 0 aromatic heterocycles. The van der Waals surface area contributed by atoms with Gasteiger partial charge in [-0.25, -0.2) is 0 Å². The molecule has 0 fully saturated rings. The minimum Gasteiger partial charge on any atom is -0.468 e. The Hall–Kier alpha value is -1.65. The first-order chi connectivity index (χ1) is 9.67. The van der Waals surface area contributed by atoms with Crippen LogP contribution in [0.2, 0.25) is 0 Å². The molecule has 0 radical (unpaired) electrons. The smallest absolute Gasteiger partial charge is 0.468 e. The molecule has 1 aromatic rings. The number of hydroxylamine groups is 1. The van der Waals surface area contributed by atoms with Crippen LogP contribution in [0.4, 0.5) is 13.2 Å². The van der Waals surface area contributed by atoms with Crippen LogP contribution in [-0.2, 0) is 30.4 Å². The second-order valence-electron chi connectivity index (χ2n) is 3.87. The summed E-state index contributed by atoms with van der Waals surface area (Å²) in [7, 11) is -4.83. The van der Waals surface area contributed by atoms with Gasteiger partial charge < -0.3 is 4.74 Å². The highest BCUT2D eigenvalue weighted by atomic mass is 32.2. The predicted octanol–water partition coefficient (Wildman–Crippen LogP) is 1.14. The lowest BCUT2D eigenvalue weighted by atomic mass is 10.1. The number of carbonyl (C=O) groups is 1. The molecule has 21 heavy (non-hydrogen) atoms. The average molecular weight is 327 g/mol. The Balaban J connectivity index is 2.79. The van der Waals surface area contributed by atoms with E-state index in [0.29, 0.717) is 5.56 Å². The van der Waals surface area contributed by atoms with Gasteiger partial charge in [0.05, 0.1) is 7.11 Å². The SMILES string of the molecule is COC(=O)[C@H](Cc1ccccc1)NOS(=O)(=O)C(F)(F)F. The second kappa shape index (κ2) is 6.87. The minimum atomic E-state index is -5.85. The number of hydrogen-bond donors (Lipinski definition) is 1. The Morgan fingerprint density at radius 3 is 2.33 bits per heavy atom. The zero-order chi connectivity index (χ0) is 16.1. The van der Waals surface area contributed by atoms with E-state index >= 15 is 0 Å². The predicted molar refractivity (Wildman–Crippen MR) is 65.1 cm³/mol. The van der Waals surface area contributed by atoms with Gasteiger partial charge >= 0.3 is 21.6 Å². The molecule has 1 rings (SSSR count). The van der Waals surface area contributed by atoms with Crippen molar-refractivity contribution in [3.05, 3.63) is 35.9 Å². The number of methoxy groups -OCH3 is 1. The Labute approximate surface area is 118 Å². The van der Waals surface area contributed by atoms with E-state index in [1.54, 1.807) is 35.8 Å². The molecule has 1 aromatic carbocycles. The molecule has 0 amide bonds. The molecule has 1 atom stereocenters. The first-order valence-electron chi connectivity index (χ1n) is 5.54. The summed E-state index contributed by atoms with van der Waals surface area (Å²) in [5.74, 6) is -0.962. The van der Waals surface area contributed by atoms with Gasteiger partial charge in [-0.15, -0.1) is 0 Å². The van der Waals surface area contributed by atoms with Gasteiger partial charge in [0, 0.05) is 6.42 Å². The molecule has 0 saturated heterocycles. The number of nitrogens with one attached hydrogen (secondary N) is 1. The van der Waals surface area contributed by atoms with Gasteiger partial charge in [-0.3, -0.25) is 4.79 Å². The van der Waals surface area contributed by atoms with Crippen molar-refractivity contribution in [2.75, 3.05) is 7.11 Å². The highest BCUT2D eigenvalue weighted by Crippen LogP contribution is 2.23. The van der Waals surface area contributed by atoms with E-state index in [4.69, 9.17) is 0 Å². The van der Waals surface area contributed by atoms with Crippen LogP contribution in [0.25, 0.3) is 0 Å². The zero-order valence-electron chi connectivity index (χ0n) is 10.8. The van der Waals surface area contributed by atoms with Gasteiger partial charge in [0.15, 0.2) is 0 Å². The number of hydrogen-bond acceptors (Lipinski definition) is 6. The highest BCUT2D eigenvalue weighted by Gasteiger charge is 2.48. The van der Waals surface area contributed by atoms with Crippen LogP contribution < -0.4 is 5.48 Å². The van der Waals surface area contributed by atoms with E-state index in [9.17, 15) is 26.4 Å². The van der Waals surface area contributed by atoms with E-state index in [1.807, 2.05) is 0 Å². The standard InChI is InChI=1S/C11H12F3NO5S/c1-19-10(16)9(7-8-5-3-2-4-6-8)15-20-21(17,18)11(12,13)14/h2-6,9,15H,7H2,1H3/t9-/m0/s1. The quantitative estimate of drug-likeness (QED) is 0.479. The lowest BCUT2D eigenvalue weighted by molar-refractivity contribution is -0.145. The summed E-state index contributed by atoms with van der Waals surface area (Å²) in [4.78, 5) is 11.4. The zero-order valence-corrected chi connectivity index (χ0v) is 11.6. The Morgan fingerprint density at radius 2 is 1.86 bits per heavy atom. The van der Waals surface area contributed by atoms with Crippen molar-refractivity contribution < 1.29 is 35.4 Å². The van der Waals surface area contributed by atoms with Gasteiger partial charge in [0.25, 0.3) is 0 Å². The third-order valence-electron chi connectivity index (χ3n) is 2.35. The van der Waals surface area contributed by atoms with Crippen LogP contribution in [0.15, 0.2) is 30.3 Å². The fraction of sp³-hybridized carbons (Fsp3) is 0.364. The first kappa shape index (κ1) is 17.4. The number of carbonyl (C=O) groups excluding carboxylic acids is 1. The van der Waals surface area contributed by atoms with Crippen molar-refractivity contribution in [2.24, 2.45) is 0 Å². The van der Waals surface area contributed by atoms with E-state index in [-0.39, 0.29) is 6.42 Å². The monoisotopic (exact) mass is 327 g/mol. The number of ether oxygens (including phenoxy) is 1. The number of benzene rings is 1. The van der Waals surface area contributed by atoms with Crippen LogP contribution in [0.1, 0.15) is 5.56 Å². The summed E-state index contributed by atoms with van der Waals surface area (Å²) >= 11 is 0. The van der Waals surface area contributed by atoms with Crippen molar-refractivity contribution in [3.63, 3.8) is 0 Å². The maximum Gasteiger partial charge on any atom is 0.524 e. The third-order valence-corrected chi connectivity index (χ3v) is 3.23. The molecule has 0 aliphatic carbocycles. The molecule has 118 valence electrons. The molecule has 0 spiro atoms. The topological polar surface area (TPSA) is 81.7 Å². The van der Waals surface area contributed by atoms with Crippen molar-refractivity contribution in [2.45, 2.75) is 18.0 Å². The summed E-state index contributed by atoms with van der Waals surface area (Å²) in [6.45, 7) is 0. The molecule has 0 heterocycles. The van der Waals surface area contributed by atoms with E-state index in [0.717, 1.165) is 7.11 Å². The molecule has 1 N–H and O–H groups in total. The van der Waals surface area contributed by atoms with Crippen molar-refractivity contribution >= 4 is 16.1 Å². The molecular formula is C11H12F3NO5S. The third kappa shape index (κ3) is 4.99. The van der Waals surface area contributed by atoms with Gasteiger partial charge in [0.2, 0.25) is 0 Å². The number of alkyl halides is 3. The van der Waals surface area contributed by atoms with Crippen molar-refractivity contribution in [3.8, 4) is 0 Å². The number of esters is 1. The molecular weight excluding hydrogens is 315 g/mol. The number of halogens is 3. The summed E-state index contributed by atoms with van der Waals surface area (Å²) in [5, 5.41) is 0. The number of rotatable bonds is 6. The molecule has 0 aliphatic rings. The largest absolute Gasteiger partial charge is 0.524 e. The van der Waals surface area contributed by atoms with Crippen LogP contribution in [0.3, 0.4) is 0 Å². The van der Waals surface area contributed by atoms with Gasteiger partial charge in [-0.2, -0.15) is 31.4 Å². The molecule has 0 unspecified atom stereocenters. The molecule has 0 saturated carbocycles. The van der Waals surface area contributed by atoms with Crippen molar-refractivity contribution in [1.29, 1.82) is 0 Å². The maximum atomic E-state index is 12.1. The van der Waals surface area contributed by atoms with Crippen LogP contribution in [0, 0.1) is 0 Å². The molecule has 6 nitrogen and oxygen atoms in total. The molecule has 0 aliphatic heterocycles. The lowest BCUT2D eigenvalue weighted by Crippen LogP contribution is -2.43. The highest BCUT2D eigenvalue weighted by molar-refractivity contribution is 7.87. The van der Waals surface area contributed by atoms with Crippen LogP contribution in [0.5, 0.6) is 0 Å².